The molecule has 6 nitrogen and oxygen atoms in total. The van der Waals surface area contributed by atoms with E-state index in [9.17, 15) is 4.79 Å². The summed E-state index contributed by atoms with van der Waals surface area (Å²) < 4.78 is 1.69. The molecule has 0 aliphatic carbocycles. The van der Waals surface area contributed by atoms with E-state index in [1.54, 1.807) is 4.68 Å². The Morgan fingerprint density at radius 3 is 2.68 bits per heavy atom. The van der Waals surface area contributed by atoms with Gasteiger partial charge in [-0.25, -0.2) is 0 Å². The number of nitrogens with one attached hydrogen (secondary N) is 1. The molecule has 0 radical (unpaired) electrons. The second kappa shape index (κ2) is 9.50. The zero-order valence-electron chi connectivity index (χ0n) is 16.4. The van der Waals surface area contributed by atoms with Gasteiger partial charge in [-0.05, 0) is 47.9 Å². The number of tetrazole rings is 1. The molecule has 0 aliphatic heterocycles. The number of amides is 1. The van der Waals surface area contributed by atoms with Gasteiger partial charge in [-0.2, -0.15) is 4.68 Å². The topological polar surface area (TPSA) is 72.7 Å². The highest BCUT2D eigenvalue weighted by molar-refractivity contribution is 7.99. The molecular formula is C21H25N5OS. The van der Waals surface area contributed by atoms with Crippen molar-refractivity contribution in [1.82, 2.24) is 25.5 Å². The maximum Gasteiger partial charge on any atom is 0.230 e. The van der Waals surface area contributed by atoms with Crippen LogP contribution >= 0.6 is 11.8 Å². The summed E-state index contributed by atoms with van der Waals surface area (Å²) in [7, 11) is 0. The lowest BCUT2D eigenvalue weighted by Crippen LogP contribution is -2.30. The first-order valence-electron chi connectivity index (χ1n) is 9.41. The van der Waals surface area contributed by atoms with E-state index in [0.717, 1.165) is 29.7 Å². The lowest BCUT2D eigenvalue weighted by molar-refractivity contribution is -0.119. The van der Waals surface area contributed by atoms with Crippen LogP contribution in [0, 0.1) is 13.8 Å². The first kappa shape index (κ1) is 20.1. The predicted molar refractivity (Wildman–Crippen MR) is 112 cm³/mol. The van der Waals surface area contributed by atoms with Crippen molar-refractivity contribution < 1.29 is 4.79 Å². The molecule has 0 aliphatic rings. The van der Waals surface area contributed by atoms with Gasteiger partial charge >= 0.3 is 0 Å². The SMILES string of the molecule is CCCC(NC(=O)CSc1nnnn1-c1ccc(C)cc1C)c1ccccc1. The largest absolute Gasteiger partial charge is 0.349 e. The number of hydrogen-bond acceptors (Lipinski definition) is 5. The lowest BCUT2D eigenvalue weighted by Gasteiger charge is -2.18. The molecule has 1 N–H and O–H groups in total. The number of nitrogens with zero attached hydrogens (tertiary/aromatic N) is 4. The van der Waals surface area contributed by atoms with Gasteiger partial charge in [-0.1, -0.05) is 73.1 Å². The number of aromatic nitrogens is 4. The number of hydrogen-bond donors (Lipinski definition) is 1. The van der Waals surface area contributed by atoms with Crippen LogP contribution in [-0.2, 0) is 4.79 Å². The minimum atomic E-state index is -0.0255. The van der Waals surface area contributed by atoms with E-state index in [0.29, 0.717) is 5.16 Å². The van der Waals surface area contributed by atoms with Crippen molar-refractivity contribution in [3.8, 4) is 5.69 Å². The minimum Gasteiger partial charge on any atom is -0.349 e. The smallest absolute Gasteiger partial charge is 0.230 e. The van der Waals surface area contributed by atoms with Gasteiger partial charge in [0.1, 0.15) is 0 Å². The second-order valence-electron chi connectivity index (χ2n) is 6.77. The van der Waals surface area contributed by atoms with Crippen molar-refractivity contribution in [2.24, 2.45) is 0 Å². The molecule has 0 spiro atoms. The van der Waals surface area contributed by atoms with Crippen LogP contribution in [0.15, 0.2) is 53.7 Å². The first-order chi connectivity index (χ1) is 13.6. The quantitative estimate of drug-likeness (QED) is 0.583. The number of thioether (sulfide) groups is 1. The van der Waals surface area contributed by atoms with Gasteiger partial charge in [0.05, 0.1) is 17.5 Å². The summed E-state index contributed by atoms with van der Waals surface area (Å²) in [6.07, 6.45) is 1.90. The average molecular weight is 396 g/mol. The van der Waals surface area contributed by atoms with Crippen LogP contribution in [0.5, 0.6) is 0 Å². The lowest BCUT2D eigenvalue weighted by atomic mass is 10.0. The Labute approximate surface area is 169 Å². The van der Waals surface area contributed by atoms with E-state index in [-0.39, 0.29) is 17.7 Å². The van der Waals surface area contributed by atoms with Crippen molar-refractivity contribution in [1.29, 1.82) is 0 Å². The van der Waals surface area contributed by atoms with Crippen molar-refractivity contribution in [2.45, 2.75) is 44.8 Å². The maximum atomic E-state index is 12.5. The van der Waals surface area contributed by atoms with Gasteiger partial charge in [0.2, 0.25) is 11.1 Å². The molecule has 0 saturated heterocycles. The third-order valence-corrected chi connectivity index (χ3v) is 5.39. The van der Waals surface area contributed by atoms with Crippen LogP contribution < -0.4 is 5.32 Å². The van der Waals surface area contributed by atoms with Crippen LogP contribution in [0.4, 0.5) is 0 Å². The highest BCUT2D eigenvalue weighted by Crippen LogP contribution is 2.22. The molecule has 1 heterocycles. The van der Waals surface area contributed by atoms with Gasteiger partial charge in [0.15, 0.2) is 0 Å². The van der Waals surface area contributed by atoms with E-state index in [4.69, 9.17) is 0 Å². The number of carbonyl (C=O) groups is 1. The highest BCUT2D eigenvalue weighted by Gasteiger charge is 2.16. The monoisotopic (exact) mass is 395 g/mol. The molecule has 0 saturated carbocycles. The Kier molecular flexibility index (Phi) is 6.81. The van der Waals surface area contributed by atoms with E-state index >= 15 is 0 Å². The van der Waals surface area contributed by atoms with Gasteiger partial charge in [0.25, 0.3) is 0 Å². The Morgan fingerprint density at radius 2 is 1.96 bits per heavy atom. The van der Waals surface area contributed by atoms with E-state index in [1.807, 2.05) is 37.3 Å². The highest BCUT2D eigenvalue weighted by atomic mass is 32.2. The van der Waals surface area contributed by atoms with Gasteiger partial charge in [0, 0.05) is 0 Å². The Morgan fingerprint density at radius 1 is 1.18 bits per heavy atom. The second-order valence-corrected chi connectivity index (χ2v) is 7.71. The van der Waals surface area contributed by atoms with Crippen molar-refractivity contribution in [3.05, 3.63) is 65.2 Å². The van der Waals surface area contributed by atoms with E-state index < -0.39 is 0 Å². The first-order valence-corrected chi connectivity index (χ1v) is 10.4. The molecule has 146 valence electrons. The Balaban J connectivity index is 1.66. The molecule has 3 rings (SSSR count). The van der Waals surface area contributed by atoms with Crippen molar-refractivity contribution >= 4 is 17.7 Å². The van der Waals surface area contributed by atoms with Crippen molar-refractivity contribution in [3.63, 3.8) is 0 Å². The standard InChI is InChI=1S/C21H25N5OS/c1-4-8-18(17-9-6-5-7-10-17)22-20(27)14-28-21-23-24-25-26(21)19-12-11-15(2)13-16(19)3/h5-7,9-13,18H,4,8,14H2,1-3H3,(H,22,27). The molecular weight excluding hydrogens is 370 g/mol. The molecule has 1 unspecified atom stereocenters. The molecule has 0 fully saturated rings. The molecule has 1 aromatic heterocycles. The predicted octanol–water partition coefficient (Wildman–Crippen LogP) is 4.03. The summed E-state index contributed by atoms with van der Waals surface area (Å²) in [4.78, 5) is 12.5. The fraction of sp³-hybridized carbons (Fsp3) is 0.333. The summed E-state index contributed by atoms with van der Waals surface area (Å²) in [6, 6.07) is 16.2. The number of benzene rings is 2. The summed E-state index contributed by atoms with van der Waals surface area (Å²) >= 11 is 1.34. The minimum absolute atomic E-state index is 0.0228. The summed E-state index contributed by atoms with van der Waals surface area (Å²) in [5.41, 5.74) is 4.32. The number of carbonyl (C=O) groups excluding carboxylic acids is 1. The van der Waals surface area contributed by atoms with Gasteiger partial charge in [-0.3, -0.25) is 4.79 Å². The zero-order valence-corrected chi connectivity index (χ0v) is 17.2. The molecule has 1 amide bonds. The van der Waals surface area contributed by atoms with Gasteiger partial charge < -0.3 is 5.32 Å². The van der Waals surface area contributed by atoms with Crippen LogP contribution in [0.1, 0.15) is 42.5 Å². The van der Waals surface area contributed by atoms with Crippen LogP contribution in [0.3, 0.4) is 0 Å². The van der Waals surface area contributed by atoms with Crippen LogP contribution in [-0.4, -0.2) is 31.9 Å². The molecule has 1 atom stereocenters. The van der Waals surface area contributed by atoms with Crippen LogP contribution in [0.25, 0.3) is 5.69 Å². The molecule has 7 heteroatoms. The van der Waals surface area contributed by atoms with Gasteiger partial charge in [-0.15, -0.1) is 5.10 Å². The Hall–Kier alpha value is -2.67. The molecule has 2 aromatic carbocycles. The van der Waals surface area contributed by atoms with Crippen LogP contribution in [0.2, 0.25) is 0 Å². The normalized spacial score (nSPS) is 12.0. The maximum absolute atomic E-state index is 12.5. The number of rotatable bonds is 8. The summed E-state index contributed by atoms with van der Waals surface area (Å²) in [5, 5.41) is 15.7. The third-order valence-electron chi connectivity index (χ3n) is 4.47. The molecule has 3 aromatic rings. The van der Waals surface area contributed by atoms with Crippen molar-refractivity contribution in [2.75, 3.05) is 5.75 Å². The van der Waals surface area contributed by atoms with E-state index in [1.165, 1.54) is 17.3 Å². The fourth-order valence-electron chi connectivity index (χ4n) is 3.13. The molecule has 0 bridgehead atoms. The fourth-order valence-corrected chi connectivity index (χ4v) is 3.82. The average Bonchev–Trinajstić information content (AvgIpc) is 3.15. The Bertz CT molecular complexity index is 926. The zero-order chi connectivity index (χ0) is 19.9. The summed E-state index contributed by atoms with van der Waals surface area (Å²) in [6.45, 7) is 6.20. The van der Waals surface area contributed by atoms with E-state index in [2.05, 4.69) is 52.9 Å². The molecule has 28 heavy (non-hydrogen) atoms. The number of aryl methyl sites for hydroxylation is 2. The third kappa shape index (κ3) is 4.98. The summed E-state index contributed by atoms with van der Waals surface area (Å²) in [5.74, 6) is 0.237.